The summed E-state index contributed by atoms with van der Waals surface area (Å²) in [4.78, 5) is 22.9. The van der Waals surface area contributed by atoms with Gasteiger partial charge in [0.05, 0.1) is 16.6 Å². The maximum atomic E-state index is 11.5. The molecule has 0 fully saturated rings. The average molecular weight is 351 g/mol. The fraction of sp³-hybridized carbons (Fsp3) is 0.100. The summed E-state index contributed by atoms with van der Waals surface area (Å²) in [5, 5.41) is 5.09. The Morgan fingerprint density at radius 2 is 2.06 bits per heavy atom. The second-order valence-corrected chi connectivity index (χ2v) is 5.02. The van der Waals surface area contributed by atoms with Gasteiger partial charge in [-0.2, -0.15) is 0 Å². The van der Waals surface area contributed by atoms with Crippen LogP contribution in [0.2, 0.25) is 5.02 Å². The molecule has 0 spiro atoms. The average Bonchev–Trinajstić information content (AvgIpc) is 2.30. The standard InChI is InChI=1S/C10H9BrClN3O2S/c11-6-2-1-5(3-7(6)12)15-10(17)9(16)14-4-8(13)18/h1-3H,4H2,(H2,13,18)(H,14,16)(H,15,17). The van der Waals surface area contributed by atoms with Crippen LogP contribution in [0, 0.1) is 0 Å². The molecule has 0 aliphatic heterocycles. The topological polar surface area (TPSA) is 84.2 Å². The molecule has 0 unspecified atom stereocenters. The minimum absolute atomic E-state index is 0.0251. The van der Waals surface area contributed by atoms with Crippen LogP contribution in [0.3, 0.4) is 0 Å². The molecule has 1 aromatic carbocycles. The van der Waals surface area contributed by atoms with Crippen LogP contribution in [0.25, 0.3) is 0 Å². The second kappa shape index (κ2) is 6.67. The normalized spacial score (nSPS) is 9.67. The van der Waals surface area contributed by atoms with E-state index in [0.717, 1.165) is 0 Å². The van der Waals surface area contributed by atoms with Gasteiger partial charge in [0.15, 0.2) is 0 Å². The number of halogens is 2. The first kappa shape index (κ1) is 14.9. The van der Waals surface area contributed by atoms with E-state index in [1.165, 1.54) is 6.07 Å². The minimum atomic E-state index is -0.818. The summed E-state index contributed by atoms with van der Waals surface area (Å²) >= 11 is 13.6. The third kappa shape index (κ3) is 4.59. The van der Waals surface area contributed by atoms with E-state index in [4.69, 9.17) is 17.3 Å². The number of hydrogen-bond donors (Lipinski definition) is 3. The summed E-state index contributed by atoms with van der Waals surface area (Å²) in [6.07, 6.45) is 0. The Labute approximate surface area is 122 Å². The summed E-state index contributed by atoms with van der Waals surface area (Å²) in [6.45, 7) is -0.0251. The molecule has 0 aliphatic carbocycles. The molecular weight excluding hydrogens is 342 g/mol. The van der Waals surface area contributed by atoms with Crippen molar-refractivity contribution in [2.75, 3.05) is 11.9 Å². The van der Waals surface area contributed by atoms with Crippen molar-refractivity contribution in [2.45, 2.75) is 0 Å². The Kier molecular flexibility index (Phi) is 5.52. The largest absolute Gasteiger partial charge is 0.392 e. The van der Waals surface area contributed by atoms with Gasteiger partial charge in [0.1, 0.15) is 0 Å². The van der Waals surface area contributed by atoms with Gasteiger partial charge in [-0.3, -0.25) is 9.59 Å². The Balaban J connectivity index is 2.61. The van der Waals surface area contributed by atoms with Crippen molar-refractivity contribution in [3.63, 3.8) is 0 Å². The molecule has 0 bridgehead atoms. The van der Waals surface area contributed by atoms with Crippen molar-refractivity contribution >= 4 is 62.2 Å². The highest BCUT2D eigenvalue weighted by Crippen LogP contribution is 2.25. The molecule has 0 heterocycles. The molecule has 0 saturated heterocycles. The molecule has 5 nitrogen and oxygen atoms in total. The number of hydrogen-bond acceptors (Lipinski definition) is 3. The number of carbonyl (C=O) groups is 2. The second-order valence-electron chi connectivity index (χ2n) is 3.23. The Bertz CT molecular complexity index is 510. The first-order chi connectivity index (χ1) is 8.40. The zero-order valence-corrected chi connectivity index (χ0v) is 12.2. The van der Waals surface area contributed by atoms with Gasteiger partial charge in [0.25, 0.3) is 0 Å². The van der Waals surface area contributed by atoms with E-state index < -0.39 is 11.8 Å². The number of nitrogens with one attached hydrogen (secondary N) is 2. The van der Waals surface area contributed by atoms with Crippen LogP contribution in [-0.4, -0.2) is 23.3 Å². The van der Waals surface area contributed by atoms with Crippen LogP contribution in [0.5, 0.6) is 0 Å². The number of nitrogens with two attached hydrogens (primary N) is 1. The number of anilines is 1. The number of benzene rings is 1. The molecule has 4 N–H and O–H groups in total. The molecule has 1 aromatic rings. The molecule has 0 atom stereocenters. The molecule has 96 valence electrons. The first-order valence-corrected chi connectivity index (χ1v) is 6.30. The predicted molar refractivity (Wildman–Crippen MR) is 77.6 cm³/mol. The van der Waals surface area contributed by atoms with E-state index in [9.17, 15) is 9.59 Å². The molecule has 0 saturated carbocycles. The van der Waals surface area contributed by atoms with Crippen LogP contribution in [0.4, 0.5) is 5.69 Å². The molecule has 0 radical (unpaired) electrons. The van der Waals surface area contributed by atoms with Crippen molar-refractivity contribution in [3.05, 3.63) is 27.7 Å². The molecule has 2 amide bonds. The van der Waals surface area contributed by atoms with E-state index in [1.807, 2.05) is 0 Å². The van der Waals surface area contributed by atoms with Gasteiger partial charge < -0.3 is 16.4 Å². The van der Waals surface area contributed by atoms with Crippen molar-refractivity contribution in [1.29, 1.82) is 0 Å². The van der Waals surface area contributed by atoms with Crippen molar-refractivity contribution in [2.24, 2.45) is 5.73 Å². The summed E-state index contributed by atoms with van der Waals surface area (Å²) in [5.41, 5.74) is 5.61. The number of thiocarbonyl (C=S) groups is 1. The smallest absolute Gasteiger partial charge is 0.313 e. The van der Waals surface area contributed by atoms with E-state index >= 15 is 0 Å². The predicted octanol–water partition coefficient (Wildman–Crippen LogP) is 1.44. The summed E-state index contributed by atoms with van der Waals surface area (Å²) < 4.78 is 0.695. The van der Waals surface area contributed by atoms with Gasteiger partial charge in [-0.25, -0.2) is 0 Å². The molecular formula is C10H9BrClN3O2S. The van der Waals surface area contributed by atoms with Crippen LogP contribution < -0.4 is 16.4 Å². The lowest BCUT2D eigenvalue weighted by Gasteiger charge is -2.06. The fourth-order valence-electron chi connectivity index (χ4n) is 1.01. The number of rotatable bonds is 3. The Hall–Kier alpha value is -1.18. The highest BCUT2D eigenvalue weighted by atomic mass is 79.9. The fourth-order valence-corrected chi connectivity index (χ4v) is 1.51. The van der Waals surface area contributed by atoms with Crippen LogP contribution in [-0.2, 0) is 9.59 Å². The Morgan fingerprint density at radius 1 is 1.39 bits per heavy atom. The highest BCUT2D eigenvalue weighted by Gasteiger charge is 2.13. The van der Waals surface area contributed by atoms with Crippen LogP contribution in [0.15, 0.2) is 22.7 Å². The maximum absolute atomic E-state index is 11.5. The highest BCUT2D eigenvalue weighted by molar-refractivity contribution is 9.10. The third-order valence-electron chi connectivity index (χ3n) is 1.81. The monoisotopic (exact) mass is 349 g/mol. The maximum Gasteiger partial charge on any atom is 0.313 e. The Morgan fingerprint density at radius 3 is 2.61 bits per heavy atom. The minimum Gasteiger partial charge on any atom is -0.392 e. The van der Waals surface area contributed by atoms with Gasteiger partial charge in [-0.1, -0.05) is 23.8 Å². The van der Waals surface area contributed by atoms with Crippen molar-refractivity contribution in [3.8, 4) is 0 Å². The zero-order valence-electron chi connectivity index (χ0n) is 9.00. The molecule has 8 heteroatoms. The van der Waals surface area contributed by atoms with Crippen LogP contribution in [0.1, 0.15) is 0 Å². The zero-order chi connectivity index (χ0) is 13.7. The quantitative estimate of drug-likeness (QED) is 0.569. The van der Waals surface area contributed by atoms with E-state index in [-0.39, 0.29) is 11.5 Å². The first-order valence-electron chi connectivity index (χ1n) is 4.72. The molecule has 18 heavy (non-hydrogen) atoms. The summed E-state index contributed by atoms with van der Waals surface area (Å²) in [5.74, 6) is -1.63. The van der Waals surface area contributed by atoms with E-state index in [2.05, 4.69) is 38.8 Å². The lowest BCUT2D eigenvalue weighted by Crippen LogP contribution is -2.39. The van der Waals surface area contributed by atoms with Gasteiger partial charge in [0.2, 0.25) is 0 Å². The van der Waals surface area contributed by atoms with Crippen LogP contribution >= 0.6 is 39.7 Å². The van der Waals surface area contributed by atoms with Crippen molar-refractivity contribution in [1.82, 2.24) is 5.32 Å². The van der Waals surface area contributed by atoms with E-state index in [0.29, 0.717) is 15.2 Å². The van der Waals surface area contributed by atoms with E-state index in [1.54, 1.807) is 12.1 Å². The number of amides is 2. The molecule has 0 aromatic heterocycles. The molecule has 1 rings (SSSR count). The lowest BCUT2D eigenvalue weighted by atomic mass is 10.3. The van der Waals surface area contributed by atoms with Crippen molar-refractivity contribution < 1.29 is 9.59 Å². The van der Waals surface area contributed by atoms with Gasteiger partial charge in [0, 0.05) is 10.2 Å². The SMILES string of the molecule is NC(=S)CNC(=O)C(=O)Nc1ccc(Br)c(Cl)c1. The summed E-state index contributed by atoms with van der Waals surface area (Å²) in [6, 6.07) is 4.78. The van der Waals surface area contributed by atoms with Gasteiger partial charge in [-0.15, -0.1) is 0 Å². The third-order valence-corrected chi connectivity index (χ3v) is 3.18. The summed E-state index contributed by atoms with van der Waals surface area (Å²) in [7, 11) is 0. The van der Waals surface area contributed by atoms with Gasteiger partial charge >= 0.3 is 11.8 Å². The van der Waals surface area contributed by atoms with Gasteiger partial charge in [-0.05, 0) is 34.1 Å². The lowest BCUT2D eigenvalue weighted by molar-refractivity contribution is -0.135. The number of carbonyl (C=O) groups excluding carboxylic acids is 2. The molecule has 0 aliphatic rings.